The van der Waals surface area contributed by atoms with Gasteiger partial charge in [-0.25, -0.2) is 0 Å². The molecule has 3 nitrogen and oxygen atoms in total. The molecule has 1 unspecified atom stereocenters. The van der Waals surface area contributed by atoms with Crippen molar-refractivity contribution in [3.8, 4) is 0 Å². The molecule has 94 valence electrons. The molecule has 1 aliphatic rings. The molecular weight excluding hydrogens is 200 g/mol. The number of amides is 1. The normalized spacial score (nSPS) is 27.4. The van der Waals surface area contributed by atoms with Crippen LogP contribution in [0.25, 0.3) is 0 Å². The Bertz CT molecular complexity index is 210. The molecule has 2 N–H and O–H groups in total. The van der Waals surface area contributed by atoms with Gasteiger partial charge in [-0.3, -0.25) is 4.79 Å². The van der Waals surface area contributed by atoms with Gasteiger partial charge in [0.25, 0.3) is 0 Å². The highest BCUT2D eigenvalue weighted by Gasteiger charge is 2.22. The number of nitrogens with one attached hydrogen (secondary N) is 2. The maximum atomic E-state index is 11.7. The molecular formula is C13H26N2O. The first-order valence-electron chi connectivity index (χ1n) is 6.71. The van der Waals surface area contributed by atoms with E-state index in [1.54, 1.807) is 0 Å². The lowest BCUT2D eigenvalue weighted by Gasteiger charge is -2.30. The summed E-state index contributed by atoms with van der Waals surface area (Å²) in [6.45, 7) is 7.26. The Morgan fingerprint density at radius 1 is 1.19 bits per heavy atom. The average Bonchev–Trinajstić information content (AvgIpc) is 2.31. The molecule has 0 aromatic carbocycles. The largest absolute Gasteiger partial charge is 0.353 e. The van der Waals surface area contributed by atoms with Gasteiger partial charge in [0, 0.05) is 18.0 Å². The highest BCUT2D eigenvalue weighted by Crippen LogP contribution is 2.19. The number of carbonyl (C=O) groups excluding carboxylic acids is 1. The van der Waals surface area contributed by atoms with E-state index in [9.17, 15) is 4.79 Å². The van der Waals surface area contributed by atoms with Crippen LogP contribution in [0.3, 0.4) is 0 Å². The van der Waals surface area contributed by atoms with Gasteiger partial charge in [-0.05, 0) is 38.6 Å². The second-order valence-corrected chi connectivity index (χ2v) is 4.92. The fourth-order valence-corrected chi connectivity index (χ4v) is 2.26. The quantitative estimate of drug-likeness (QED) is 0.753. The third kappa shape index (κ3) is 4.12. The van der Waals surface area contributed by atoms with Crippen LogP contribution in [0, 0.1) is 5.92 Å². The first-order chi connectivity index (χ1) is 7.67. The molecule has 0 aliphatic heterocycles. The summed E-state index contributed by atoms with van der Waals surface area (Å²) in [5.41, 5.74) is 0. The minimum absolute atomic E-state index is 0.159. The van der Waals surface area contributed by atoms with Crippen molar-refractivity contribution >= 4 is 5.91 Å². The number of hydrogen-bond acceptors (Lipinski definition) is 2. The van der Waals surface area contributed by atoms with Crippen LogP contribution in [-0.4, -0.2) is 24.5 Å². The van der Waals surface area contributed by atoms with Gasteiger partial charge in [0.05, 0.1) is 0 Å². The smallest absolute Gasteiger partial charge is 0.223 e. The molecule has 0 aromatic heterocycles. The molecule has 16 heavy (non-hydrogen) atoms. The van der Waals surface area contributed by atoms with Crippen LogP contribution in [0.4, 0.5) is 0 Å². The van der Waals surface area contributed by atoms with Crippen LogP contribution in [-0.2, 0) is 4.79 Å². The molecule has 1 aliphatic carbocycles. The fraction of sp³-hybridized carbons (Fsp3) is 0.923. The summed E-state index contributed by atoms with van der Waals surface area (Å²) in [4.78, 5) is 11.7. The van der Waals surface area contributed by atoms with Crippen molar-refractivity contribution in [2.75, 3.05) is 6.54 Å². The van der Waals surface area contributed by atoms with Crippen molar-refractivity contribution < 1.29 is 4.79 Å². The maximum absolute atomic E-state index is 11.7. The standard InChI is InChI=1S/C13H26N2O/c1-4-10(3)13(16)15-12-8-6-11(7-9-12)14-5-2/h10-12,14H,4-9H2,1-3H3,(H,15,16). The van der Waals surface area contributed by atoms with E-state index in [0.717, 1.165) is 25.8 Å². The van der Waals surface area contributed by atoms with E-state index >= 15 is 0 Å². The van der Waals surface area contributed by atoms with E-state index in [2.05, 4.69) is 24.5 Å². The Kier molecular flexibility index (Phi) is 5.81. The minimum Gasteiger partial charge on any atom is -0.353 e. The van der Waals surface area contributed by atoms with Gasteiger partial charge in [-0.15, -0.1) is 0 Å². The van der Waals surface area contributed by atoms with E-state index in [4.69, 9.17) is 0 Å². The Morgan fingerprint density at radius 3 is 2.25 bits per heavy atom. The second-order valence-electron chi connectivity index (χ2n) is 4.92. The van der Waals surface area contributed by atoms with Gasteiger partial charge in [-0.1, -0.05) is 20.8 Å². The molecule has 0 aromatic rings. The SMILES string of the molecule is CCNC1CCC(NC(=O)C(C)CC)CC1. The van der Waals surface area contributed by atoms with Gasteiger partial charge in [-0.2, -0.15) is 0 Å². The molecule has 1 amide bonds. The summed E-state index contributed by atoms with van der Waals surface area (Å²) in [5.74, 6) is 0.390. The van der Waals surface area contributed by atoms with Crippen molar-refractivity contribution in [3.63, 3.8) is 0 Å². The molecule has 0 bridgehead atoms. The van der Waals surface area contributed by atoms with Crippen LogP contribution < -0.4 is 10.6 Å². The Labute approximate surface area is 99.4 Å². The van der Waals surface area contributed by atoms with Crippen LogP contribution in [0.2, 0.25) is 0 Å². The third-order valence-corrected chi connectivity index (χ3v) is 3.63. The summed E-state index contributed by atoms with van der Waals surface area (Å²) in [7, 11) is 0. The highest BCUT2D eigenvalue weighted by atomic mass is 16.1. The Morgan fingerprint density at radius 2 is 1.75 bits per heavy atom. The van der Waals surface area contributed by atoms with E-state index in [0.29, 0.717) is 12.1 Å². The summed E-state index contributed by atoms with van der Waals surface area (Å²) in [5, 5.41) is 6.65. The van der Waals surface area contributed by atoms with Crippen molar-refractivity contribution in [3.05, 3.63) is 0 Å². The molecule has 1 rings (SSSR count). The van der Waals surface area contributed by atoms with Crippen molar-refractivity contribution in [1.82, 2.24) is 10.6 Å². The Hall–Kier alpha value is -0.570. The molecule has 0 spiro atoms. The van der Waals surface area contributed by atoms with Gasteiger partial charge in [0.2, 0.25) is 5.91 Å². The van der Waals surface area contributed by atoms with Crippen LogP contribution in [0.15, 0.2) is 0 Å². The van der Waals surface area contributed by atoms with E-state index in [1.165, 1.54) is 12.8 Å². The maximum Gasteiger partial charge on any atom is 0.223 e. The zero-order valence-electron chi connectivity index (χ0n) is 10.9. The lowest BCUT2D eigenvalue weighted by atomic mass is 9.90. The van der Waals surface area contributed by atoms with Crippen LogP contribution in [0.5, 0.6) is 0 Å². The predicted octanol–water partition coefficient (Wildman–Crippen LogP) is 2.07. The zero-order chi connectivity index (χ0) is 12.0. The van der Waals surface area contributed by atoms with Gasteiger partial charge >= 0.3 is 0 Å². The van der Waals surface area contributed by atoms with Gasteiger partial charge < -0.3 is 10.6 Å². The molecule has 1 fully saturated rings. The summed E-state index contributed by atoms with van der Waals surface area (Å²) in [6, 6.07) is 1.08. The molecule has 0 saturated heterocycles. The van der Waals surface area contributed by atoms with Crippen molar-refractivity contribution in [2.24, 2.45) is 5.92 Å². The van der Waals surface area contributed by atoms with Crippen LogP contribution >= 0.6 is 0 Å². The molecule has 0 heterocycles. The Balaban J connectivity index is 2.24. The lowest BCUT2D eigenvalue weighted by Crippen LogP contribution is -2.43. The van der Waals surface area contributed by atoms with Gasteiger partial charge in [0.15, 0.2) is 0 Å². The zero-order valence-corrected chi connectivity index (χ0v) is 10.9. The first-order valence-corrected chi connectivity index (χ1v) is 6.71. The topological polar surface area (TPSA) is 41.1 Å². The fourth-order valence-electron chi connectivity index (χ4n) is 2.26. The van der Waals surface area contributed by atoms with Crippen molar-refractivity contribution in [1.29, 1.82) is 0 Å². The van der Waals surface area contributed by atoms with E-state index in [-0.39, 0.29) is 11.8 Å². The van der Waals surface area contributed by atoms with E-state index in [1.807, 2.05) is 6.92 Å². The highest BCUT2D eigenvalue weighted by molar-refractivity contribution is 5.78. The third-order valence-electron chi connectivity index (χ3n) is 3.63. The number of hydrogen-bond donors (Lipinski definition) is 2. The molecule has 3 heteroatoms. The molecule has 1 saturated carbocycles. The molecule has 1 atom stereocenters. The summed E-state index contributed by atoms with van der Waals surface area (Å²) >= 11 is 0. The first kappa shape index (κ1) is 13.5. The predicted molar refractivity (Wildman–Crippen MR) is 67.3 cm³/mol. The molecule has 0 radical (unpaired) electrons. The monoisotopic (exact) mass is 226 g/mol. The summed E-state index contributed by atoms with van der Waals surface area (Å²) < 4.78 is 0. The van der Waals surface area contributed by atoms with Gasteiger partial charge in [0.1, 0.15) is 0 Å². The minimum atomic E-state index is 0.159. The lowest BCUT2D eigenvalue weighted by molar-refractivity contribution is -0.125. The second kappa shape index (κ2) is 6.89. The number of carbonyl (C=O) groups is 1. The van der Waals surface area contributed by atoms with Crippen LogP contribution in [0.1, 0.15) is 52.9 Å². The summed E-state index contributed by atoms with van der Waals surface area (Å²) in [6.07, 6.45) is 5.57. The van der Waals surface area contributed by atoms with E-state index < -0.39 is 0 Å². The average molecular weight is 226 g/mol. The number of rotatable bonds is 5. The van der Waals surface area contributed by atoms with Crippen molar-refractivity contribution in [2.45, 2.75) is 65.0 Å².